The normalized spacial score (nSPS) is 10.4. The lowest BCUT2D eigenvalue weighted by molar-refractivity contribution is 0.467. The molecule has 3 rings (SSSR count). The van der Waals surface area contributed by atoms with Crippen molar-refractivity contribution < 1.29 is 4.74 Å². The lowest BCUT2D eigenvalue weighted by atomic mass is 10.1. The zero-order chi connectivity index (χ0) is 12.4. The summed E-state index contributed by atoms with van der Waals surface area (Å²) in [5, 5.41) is 2.16. The van der Waals surface area contributed by atoms with Crippen molar-refractivity contribution >= 4 is 16.6 Å². The number of rotatable bonds is 2. The molecule has 0 aliphatic rings. The highest BCUT2D eigenvalue weighted by molar-refractivity contribution is 5.88. The van der Waals surface area contributed by atoms with Crippen LogP contribution in [0, 0.1) is 0 Å². The van der Waals surface area contributed by atoms with E-state index in [1.165, 1.54) is 6.33 Å². The fraction of sp³-hybridized carbons (Fsp3) is 0. The Morgan fingerprint density at radius 3 is 2.67 bits per heavy atom. The molecule has 18 heavy (non-hydrogen) atoms. The van der Waals surface area contributed by atoms with Crippen molar-refractivity contribution in [2.75, 3.05) is 5.73 Å². The molecule has 0 bridgehead atoms. The number of nitrogen functional groups attached to an aromatic ring is 1. The van der Waals surface area contributed by atoms with Crippen LogP contribution in [0.3, 0.4) is 0 Å². The molecule has 1 aromatic heterocycles. The Kier molecular flexibility index (Phi) is 2.53. The van der Waals surface area contributed by atoms with Crippen molar-refractivity contribution in [1.29, 1.82) is 0 Å². The third kappa shape index (κ3) is 1.96. The number of anilines is 1. The second-order valence-corrected chi connectivity index (χ2v) is 3.86. The Bertz CT molecular complexity index is 692. The van der Waals surface area contributed by atoms with Crippen LogP contribution in [0.15, 0.2) is 54.9 Å². The summed E-state index contributed by atoms with van der Waals surface area (Å²) in [6.45, 7) is 0. The second kappa shape index (κ2) is 4.33. The summed E-state index contributed by atoms with van der Waals surface area (Å²) < 4.78 is 5.74. The van der Waals surface area contributed by atoms with Gasteiger partial charge in [-0.15, -0.1) is 0 Å². The number of nitrogens with zero attached hydrogens (tertiary/aromatic N) is 2. The minimum Gasteiger partial charge on any atom is -0.438 e. The van der Waals surface area contributed by atoms with Gasteiger partial charge < -0.3 is 10.5 Å². The first-order valence-corrected chi connectivity index (χ1v) is 5.56. The quantitative estimate of drug-likeness (QED) is 0.744. The summed E-state index contributed by atoms with van der Waals surface area (Å²) in [5.41, 5.74) is 5.59. The van der Waals surface area contributed by atoms with Gasteiger partial charge in [-0.05, 0) is 11.5 Å². The van der Waals surface area contributed by atoms with Crippen molar-refractivity contribution in [1.82, 2.24) is 9.97 Å². The van der Waals surface area contributed by atoms with Crippen molar-refractivity contribution in [2.24, 2.45) is 0 Å². The largest absolute Gasteiger partial charge is 0.438 e. The average Bonchev–Trinajstić information content (AvgIpc) is 2.39. The van der Waals surface area contributed by atoms with Gasteiger partial charge in [0.1, 0.15) is 17.9 Å². The smallest absolute Gasteiger partial charge is 0.224 e. The number of hydrogen-bond donors (Lipinski definition) is 1. The molecule has 0 unspecified atom stereocenters. The average molecular weight is 237 g/mol. The monoisotopic (exact) mass is 237 g/mol. The predicted octanol–water partition coefficient (Wildman–Crippen LogP) is 3.00. The number of nitrogens with two attached hydrogens (primary N) is 1. The number of fused-ring (bicyclic) bond motifs is 1. The van der Waals surface area contributed by atoms with E-state index in [-0.39, 0.29) is 0 Å². The lowest BCUT2D eigenvalue weighted by Crippen LogP contribution is -1.94. The molecule has 0 atom stereocenters. The van der Waals surface area contributed by atoms with Crippen LogP contribution in [0.25, 0.3) is 10.8 Å². The summed E-state index contributed by atoms with van der Waals surface area (Å²) >= 11 is 0. The summed E-state index contributed by atoms with van der Waals surface area (Å²) in [6.07, 6.45) is 1.38. The summed E-state index contributed by atoms with van der Waals surface area (Å²) in [6, 6.07) is 15.5. The van der Waals surface area contributed by atoms with Crippen LogP contribution in [0.2, 0.25) is 0 Å². The number of aromatic nitrogens is 2. The number of hydrogen-bond acceptors (Lipinski definition) is 4. The Morgan fingerprint density at radius 1 is 0.944 bits per heavy atom. The van der Waals surface area contributed by atoms with Crippen molar-refractivity contribution in [3.05, 3.63) is 54.9 Å². The molecule has 88 valence electrons. The third-order valence-corrected chi connectivity index (χ3v) is 2.63. The van der Waals surface area contributed by atoms with Crippen LogP contribution in [0.5, 0.6) is 11.6 Å². The van der Waals surface area contributed by atoms with E-state index in [1.807, 2.05) is 42.5 Å². The van der Waals surface area contributed by atoms with E-state index in [0.29, 0.717) is 11.7 Å². The third-order valence-electron chi connectivity index (χ3n) is 2.63. The first kappa shape index (κ1) is 10.5. The molecule has 3 aromatic rings. The molecule has 0 aliphatic carbocycles. The van der Waals surface area contributed by atoms with Gasteiger partial charge in [0, 0.05) is 11.5 Å². The molecular weight excluding hydrogens is 226 g/mol. The molecule has 0 amide bonds. The van der Waals surface area contributed by atoms with Gasteiger partial charge >= 0.3 is 0 Å². The van der Waals surface area contributed by atoms with Crippen molar-refractivity contribution in [2.45, 2.75) is 0 Å². The maximum Gasteiger partial charge on any atom is 0.224 e. The SMILES string of the molecule is Nc1cc(Oc2cccc3ccccc23)ncn1. The molecule has 4 heteroatoms. The molecule has 4 nitrogen and oxygen atoms in total. The van der Waals surface area contributed by atoms with Crippen molar-refractivity contribution in [3.8, 4) is 11.6 Å². The fourth-order valence-electron chi connectivity index (χ4n) is 1.81. The first-order chi connectivity index (χ1) is 8.83. The Hall–Kier alpha value is -2.62. The molecule has 0 saturated carbocycles. The van der Waals surface area contributed by atoms with E-state index < -0.39 is 0 Å². The van der Waals surface area contributed by atoms with Gasteiger partial charge in [-0.2, -0.15) is 0 Å². The van der Waals surface area contributed by atoms with Gasteiger partial charge in [0.2, 0.25) is 5.88 Å². The van der Waals surface area contributed by atoms with Gasteiger partial charge in [-0.25, -0.2) is 9.97 Å². The highest BCUT2D eigenvalue weighted by Crippen LogP contribution is 2.28. The Balaban J connectivity index is 2.05. The van der Waals surface area contributed by atoms with Crippen LogP contribution in [0.1, 0.15) is 0 Å². The van der Waals surface area contributed by atoms with Crippen LogP contribution < -0.4 is 10.5 Å². The molecule has 0 aliphatic heterocycles. The zero-order valence-corrected chi connectivity index (χ0v) is 9.58. The van der Waals surface area contributed by atoms with Gasteiger partial charge in [0.15, 0.2) is 0 Å². The van der Waals surface area contributed by atoms with Gasteiger partial charge in [0.25, 0.3) is 0 Å². The topological polar surface area (TPSA) is 61.0 Å². The predicted molar refractivity (Wildman–Crippen MR) is 70.5 cm³/mol. The zero-order valence-electron chi connectivity index (χ0n) is 9.58. The van der Waals surface area contributed by atoms with E-state index in [1.54, 1.807) is 6.07 Å². The maximum absolute atomic E-state index is 5.74. The molecule has 2 aromatic carbocycles. The minimum atomic E-state index is 0.389. The molecule has 1 heterocycles. The van der Waals surface area contributed by atoms with Crippen LogP contribution in [-0.2, 0) is 0 Å². The highest BCUT2D eigenvalue weighted by Gasteiger charge is 2.04. The van der Waals surface area contributed by atoms with E-state index in [4.69, 9.17) is 10.5 Å². The molecule has 0 fully saturated rings. The Labute approximate surface area is 104 Å². The summed E-state index contributed by atoms with van der Waals surface area (Å²) in [7, 11) is 0. The van der Waals surface area contributed by atoms with Gasteiger partial charge in [-0.1, -0.05) is 36.4 Å². The number of ether oxygens (including phenoxy) is 1. The molecule has 0 spiro atoms. The van der Waals surface area contributed by atoms with E-state index >= 15 is 0 Å². The van der Waals surface area contributed by atoms with E-state index in [0.717, 1.165) is 16.5 Å². The minimum absolute atomic E-state index is 0.389. The molecule has 0 radical (unpaired) electrons. The van der Waals surface area contributed by atoms with Crippen LogP contribution in [-0.4, -0.2) is 9.97 Å². The molecule has 2 N–H and O–H groups in total. The fourth-order valence-corrected chi connectivity index (χ4v) is 1.81. The Morgan fingerprint density at radius 2 is 1.78 bits per heavy atom. The van der Waals surface area contributed by atoms with E-state index in [9.17, 15) is 0 Å². The van der Waals surface area contributed by atoms with Crippen molar-refractivity contribution in [3.63, 3.8) is 0 Å². The molecular formula is C14H11N3O. The lowest BCUT2D eigenvalue weighted by Gasteiger charge is -2.07. The molecule has 0 saturated heterocycles. The van der Waals surface area contributed by atoms with Gasteiger partial charge in [-0.3, -0.25) is 0 Å². The summed E-state index contributed by atoms with van der Waals surface area (Å²) in [5.74, 6) is 1.59. The first-order valence-electron chi connectivity index (χ1n) is 5.56. The van der Waals surface area contributed by atoms with Crippen LogP contribution >= 0.6 is 0 Å². The summed E-state index contributed by atoms with van der Waals surface area (Å²) in [4.78, 5) is 7.86. The standard InChI is InChI=1S/C14H11N3O/c15-13-8-14(17-9-16-13)18-12-7-3-5-10-4-1-2-6-11(10)12/h1-9H,(H2,15,16,17). The van der Waals surface area contributed by atoms with Gasteiger partial charge in [0.05, 0.1) is 0 Å². The maximum atomic E-state index is 5.74. The number of benzene rings is 2. The second-order valence-electron chi connectivity index (χ2n) is 3.86. The van der Waals surface area contributed by atoms with E-state index in [2.05, 4.69) is 9.97 Å². The van der Waals surface area contributed by atoms with Crippen LogP contribution in [0.4, 0.5) is 5.82 Å². The highest BCUT2D eigenvalue weighted by atomic mass is 16.5.